The first kappa shape index (κ1) is 17.4. The number of halogens is 1. The Labute approximate surface area is 147 Å². The maximum atomic E-state index is 13.5. The number of carbonyl (C=O) groups is 1. The van der Waals surface area contributed by atoms with Crippen LogP contribution in [0.25, 0.3) is 0 Å². The topological polar surface area (TPSA) is 52.6 Å². The van der Waals surface area contributed by atoms with E-state index in [4.69, 9.17) is 0 Å². The van der Waals surface area contributed by atoms with Crippen molar-refractivity contribution in [3.05, 3.63) is 65.0 Å². The van der Waals surface area contributed by atoms with E-state index in [0.29, 0.717) is 12.0 Å². The second kappa shape index (κ2) is 7.66. The molecule has 2 aromatic carbocycles. The van der Waals surface area contributed by atoms with Gasteiger partial charge in [0.1, 0.15) is 5.82 Å². The number of fused-ring (bicyclic) bond motifs is 1. The number of benzene rings is 2. The Morgan fingerprint density at radius 2 is 2.12 bits per heavy atom. The van der Waals surface area contributed by atoms with Crippen LogP contribution in [0.15, 0.2) is 42.5 Å². The van der Waals surface area contributed by atoms with E-state index in [9.17, 15) is 14.3 Å². The van der Waals surface area contributed by atoms with Gasteiger partial charge in [-0.25, -0.2) is 4.39 Å². The molecule has 2 N–H and O–H groups in total. The van der Waals surface area contributed by atoms with Crippen LogP contribution in [0, 0.1) is 5.82 Å². The summed E-state index contributed by atoms with van der Waals surface area (Å²) in [5, 5.41) is 13.0. The van der Waals surface area contributed by atoms with Crippen LogP contribution in [0.4, 0.5) is 10.1 Å². The molecule has 0 saturated heterocycles. The molecule has 132 valence electrons. The van der Waals surface area contributed by atoms with Gasteiger partial charge in [-0.15, -0.1) is 0 Å². The van der Waals surface area contributed by atoms with Gasteiger partial charge in [0.15, 0.2) is 0 Å². The molecule has 3 rings (SSSR count). The van der Waals surface area contributed by atoms with E-state index in [1.807, 2.05) is 18.2 Å². The molecular weight excluding hydrogens is 319 g/mol. The Balaban J connectivity index is 1.49. The van der Waals surface area contributed by atoms with Gasteiger partial charge in [0.2, 0.25) is 5.91 Å². The lowest BCUT2D eigenvalue weighted by Gasteiger charge is -2.15. The van der Waals surface area contributed by atoms with Crippen molar-refractivity contribution >= 4 is 11.6 Å². The van der Waals surface area contributed by atoms with Crippen molar-refractivity contribution in [3.63, 3.8) is 0 Å². The number of nitrogens with one attached hydrogen (secondary N) is 1. The molecule has 1 aliphatic heterocycles. The Morgan fingerprint density at radius 3 is 2.92 bits per heavy atom. The van der Waals surface area contributed by atoms with Gasteiger partial charge in [-0.1, -0.05) is 30.3 Å². The average Bonchev–Trinajstić information content (AvgIpc) is 2.99. The summed E-state index contributed by atoms with van der Waals surface area (Å²) in [6, 6.07) is 12.4. The highest BCUT2D eigenvalue weighted by Gasteiger charge is 2.18. The summed E-state index contributed by atoms with van der Waals surface area (Å²) in [5.74, 6) is -0.485. The summed E-state index contributed by atoms with van der Waals surface area (Å²) in [4.78, 5) is 14.1. The monoisotopic (exact) mass is 342 g/mol. The molecule has 0 unspecified atom stereocenters. The Kier molecular flexibility index (Phi) is 5.34. The van der Waals surface area contributed by atoms with Crippen molar-refractivity contribution in [1.82, 2.24) is 5.32 Å². The van der Waals surface area contributed by atoms with E-state index in [1.54, 1.807) is 18.2 Å². The van der Waals surface area contributed by atoms with Crippen LogP contribution in [0.1, 0.15) is 29.2 Å². The van der Waals surface area contributed by atoms with Crippen LogP contribution in [0.2, 0.25) is 0 Å². The minimum Gasteiger partial charge on any atom is -0.387 e. The van der Waals surface area contributed by atoms with Crippen molar-refractivity contribution in [2.24, 2.45) is 0 Å². The van der Waals surface area contributed by atoms with E-state index in [0.717, 1.165) is 18.5 Å². The number of aryl methyl sites for hydroxylation is 1. The quantitative estimate of drug-likeness (QED) is 0.848. The number of aliphatic hydroxyl groups is 1. The number of likely N-dealkylation sites (N-methyl/N-ethyl adjacent to an activating group) is 1. The van der Waals surface area contributed by atoms with Crippen molar-refractivity contribution in [2.75, 3.05) is 25.0 Å². The fourth-order valence-corrected chi connectivity index (χ4v) is 3.16. The third kappa shape index (κ3) is 4.17. The summed E-state index contributed by atoms with van der Waals surface area (Å²) < 4.78 is 13.5. The van der Waals surface area contributed by atoms with Gasteiger partial charge in [0, 0.05) is 32.2 Å². The van der Waals surface area contributed by atoms with E-state index >= 15 is 0 Å². The fraction of sp³-hybridized carbons (Fsp3) is 0.350. The number of nitrogens with zero attached hydrogens (tertiary/aromatic N) is 1. The molecule has 5 heteroatoms. The van der Waals surface area contributed by atoms with Crippen LogP contribution in [0.3, 0.4) is 0 Å². The number of carbonyl (C=O) groups excluding carboxylic acids is 1. The summed E-state index contributed by atoms with van der Waals surface area (Å²) in [7, 11) is 2.05. The number of hydrogen-bond acceptors (Lipinski definition) is 3. The molecule has 0 radical (unpaired) electrons. The molecule has 2 aromatic rings. The first-order valence-electron chi connectivity index (χ1n) is 8.56. The van der Waals surface area contributed by atoms with Crippen LogP contribution in [0.5, 0.6) is 0 Å². The molecule has 1 aliphatic rings. The largest absolute Gasteiger partial charge is 0.387 e. The van der Waals surface area contributed by atoms with Gasteiger partial charge < -0.3 is 15.3 Å². The van der Waals surface area contributed by atoms with Gasteiger partial charge in [0.05, 0.1) is 6.10 Å². The zero-order valence-electron chi connectivity index (χ0n) is 14.3. The number of hydrogen-bond donors (Lipinski definition) is 2. The summed E-state index contributed by atoms with van der Waals surface area (Å²) in [5.41, 5.74) is 3.76. The first-order chi connectivity index (χ1) is 12.0. The molecule has 0 aromatic heterocycles. The minimum atomic E-state index is -0.742. The lowest BCUT2D eigenvalue weighted by atomic mass is 10.0. The SMILES string of the molecule is CN1CCc2cc([C@@H](O)CNC(=O)CCc3ccccc3F)ccc21. The highest BCUT2D eigenvalue weighted by Crippen LogP contribution is 2.29. The lowest BCUT2D eigenvalue weighted by Crippen LogP contribution is -2.28. The van der Waals surface area contributed by atoms with Crippen LogP contribution in [-0.2, 0) is 17.6 Å². The second-order valence-corrected chi connectivity index (χ2v) is 6.47. The molecule has 0 spiro atoms. The molecule has 0 aliphatic carbocycles. The highest BCUT2D eigenvalue weighted by molar-refractivity contribution is 5.76. The Bertz CT molecular complexity index is 763. The third-order valence-corrected chi connectivity index (χ3v) is 4.69. The highest BCUT2D eigenvalue weighted by atomic mass is 19.1. The normalized spacial score (nSPS) is 14.3. The number of anilines is 1. The lowest BCUT2D eigenvalue weighted by molar-refractivity contribution is -0.121. The molecular formula is C20H23FN2O2. The van der Waals surface area contributed by atoms with Gasteiger partial charge >= 0.3 is 0 Å². The predicted molar refractivity (Wildman–Crippen MR) is 96.1 cm³/mol. The zero-order valence-corrected chi connectivity index (χ0v) is 14.3. The average molecular weight is 342 g/mol. The summed E-state index contributed by atoms with van der Waals surface area (Å²) in [6.45, 7) is 1.15. The minimum absolute atomic E-state index is 0.157. The molecule has 0 bridgehead atoms. The third-order valence-electron chi connectivity index (χ3n) is 4.69. The van der Waals surface area contributed by atoms with E-state index in [1.165, 1.54) is 17.3 Å². The molecule has 0 fully saturated rings. The van der Waals surface area contributed by atoms with Crippen LogP contribution in [-0.4, -0.2) is 31.2 Å². The van der Waals surface area contributed by atoms with Crippen LogP contribution >= 0.6 is 0 Å². The van der Waals surface area contributed by atoms with Gasteiger partial charge in [-0.05, 0) is 41.7 Å². The molecule has 1 heterocycles. The van der Waals surface area contributed by atoms with Gasteiger partial charge in [-0.2, -0.15) is 0 Å². The van der Waals surface area contributed by atoms with E-state index in [2.05, 4.69) is 17.3 Å². The van der Waals surface area contributed by atoms with Gasteiger partial charge in [0.25, 0.3) is 0 Å². The second-order valence-electron chi connectivity index (χ2n) is 6.47. The fourth-order valence-electron chi connectivity index (χ4n) is 3.16. The summed E-state index contributed by atoms with van der Waals surface area (Å²) in [6.07, 6.45) is 0.776. The Hall–Kier alpha value is -2.40. The Morgan fingerprint density at radius 1 is 1.32 bits per heavy atom. The van der Waals surface area contributed by atoms with E-state index < -0.39 is 6.10 Å². The summed E-state index contributed by atoms with van der Waals surface area (Å²) >= 11 is 0. The smallest absolute Gasteiger partial charge is 0.220 e. The molecule has 1 atom stereocenters. The maximum Gasteiger partial charge on any atom is 0.220 e. The zero-order chi connectivity index (χ0) is 17.8. The van der Waals surface area contributed by atoms with Crippen molar-refractivity contribution < 1.29 is 14.3 Å². The van der Waals surface area contributed by atoms with Crippen molar-refractivity contribution in [3.8, 4) is 0 Å². The molecule has 0 saturated carbocycles. The number of amides is 1. The maximum absolute atomic E-state index is 13.5. The standard InChI is InChI=1S/C20H23FN2O2/c1-23-11-10-15-12-16(6-8-18(15)23)19(24)13-22-20(25)9-7-14-4-2-3-5-17(14)21/h2-6,8,12,19,24H,7,9-11,13H2,1H3,(H,22,25)/t19-/m0/s1. The number of rotatable bonds is 6. The molecule has 4 nitrogen and oxygen atoms in total. The number of aliphatic hydroxyl groups excluding tert-OH is 1. The predicted octanol–water partition coefficient (Wildman–Crippen LogP) is 2.60. The molecule has 25 heavy (non-hydrogen) atoms. The van der Waals surface area contributed by atoms with Gasteiger partial charge in [-0.3, -0.25) is 4.79 Å². The van der Waals surface area contributed by atoms with Crippen LogP contribution < -0.4 is 10.2 Å². The molecule has 1 amide bonds. The van der Waals surface area contributed by atoms with E-state index in [-0.39, 0.29) is 24.7 Å². The van der Waals surface area contributed by atoms with Crippen molar-refractivity contribution in [1.29, 1.82) is 0 Å². The van der Waals surface area contributed by atoms with Crippen molar-refractivity contribution in [2.45, 2.75) is 25.4 Å². The first-order valence-corrected chi connectivity index (χ1v) is 8.56.